The lowest BCUT2D eigenvalue weighted by Gasteiger charge is -2.32. The van der Waals surface area contributed by atoms with E-state index in [9.17, 15) is 4.79 Å². The molecule has 6 heteroatoms. The first-order valence-corrected chi connectivity index (χ1v) is 7.54. The van der Waals surface area contributed by atoms with Crippen molar-refractivity contribution in [2.75, 3.05) is 13.2 Å². The molecule has 1 amide bonds. The molecule has 1 atom stereocenters. The topological polar surface area (TPSA) is 64.4 Å². The highest BCUT2D eigenvalue weighted by molar-refractivity contribution is 7.11. The van der Waals surface area contributed by atoms with Gasteiger partial charge in [-0.3, -0.25) is 4.79 Å². The van der Waals surface area contributed by atoms with Crippen LogP contribution in [0, 0.1) is 6.92 Å². The Bertz CT molecular complexity index is 444. The van der Waals surface area contributed by atoms with Gasteiger partial charge >= 0.3 is 0 Å². The van der Waals surface area contributed by atoms with E-state index in [-0.39, 0.29) is 24.4 Å². The van der Waals surface area contributed by atoms with Gasteiger partial charge in [0.15, 0.2) is 0 Å². The summed E-state index contributed by atoms with van der Waals surface area (Å²) in [6.07, 6.45) is 2.06. The van der Waals surface area contributed by atoms with Crippen LogP contribution in [0.15, 0.2) is 12.1 Å². The number of ether oxygens (including phenoxy) is 1. The molecule has 0 saturated carbocycles. The van der Waals surface area contributed by atoms with E-state index in [0.29, 0.717) is 26.1 Å². The van der Waals surface area contributed by atoms with Gasteiger partial charge in [-0.1, -0.05) is 0 Å². The fourth-order valence-electron chi connectivity index (χ4n) is 2.28. The minimum Gasteiger partial charge on any atom is -0.381 e. The van der Waals surface area contributed by atoms with Crippen molar-refractivity contribution in [3.63, 3.8) is 0 Å². The first-order chi connectivity index (χ1) is 8.99. The van der Waals surface area contributed by atoms with E-state index < -0.39 is 5.54 Å². The third-order valence-electron chi connectivity index (χ3n) is 3.52. The second-order valence-electron chi connectivity index (χ2n) is 5.36. The second-order valence-corrected chi connectivity index (χ2v) is 6.73. The normalized spacial score (nSPS) is 18.9. The number of nitrogens with one attached hydrogen (secondary N) is 1. The van der Waals surface area contributed by atoms with Crippen molar-refractivity contribution in [2.45, 2.75) is 44.7 Å². The number of rotatable bonds is 4. The van der Waals surface area contributed by atoms with Crippen molar-refractivity contribution in [3.05, 3.63) is 21.9 Å². The molecule has 1 aromatic heterocycles. The number of thiophene rings is 1. The Labute approximate surface area is 130 Å². The van der Waals surface area contributed by atoms with Gasteiger partial charge in [0.05, 0.1) is 5.54 Å². The summed E-state index contributed by atoms with van der Waals surface area (Å²) in [5, 5.41) is 3.04. The number of hydrogen-bond acceptors (Lipinski definition) is 4. The van der Waals surface area contributed by atoms with Crippen LogP contribution in [0.3, 0.4) is 0 Å². The van der Waals surface area contributed by atoms with Gasteiger partial charge in [0.1, 0.15) is 0 Å². The minimum absolute atomic E-state index is 0. The Hall–Kier alpha value is -0.620. The van der Waals surface area contributed by atoms with Gasteiger partial charge < -0.3 is 15.8 Å². The summed E-state index contributed by atoms with van der Waals surface area (Å²) in [5.41, 5.74) is 5.41. The number of nitrogens with two attached hydrogens (primary N) is 1. The van der Waals surface area contributed by atoms with E-state index in [1.54, 1.807) is 11.3 Å². The molecule has 2 rings (SSSR count). The highest BCUT2D eigenvalue weighted by Crippen LogP contribution is 2.19. The Kier molecular flexibility index (Phi) is 6.45. The van der Waals surface area contributed by atoms with Crippen LogP contribution in [0.2, 0.25) is 0 Å². The summed E-state index contributed by atoms with van der Waals surface area (Å²) in [4.78, 5) is 14.8. The van der Waals surface area contributed by atoms with Crippen LogP contribution in [-0.2, 0) is 16.0 Å². The summed E-state index contributed by atoms with van der Waals surface area (Å²) in [7, 11) is 0. The Morgan fingerprint density at radius 3 is 2.70 bits per heavy atom. The molecule has 4 nitrogen and oxygen atoms in total. The number of aryl methyl sites for hydroxylation is 1. The van der Waals surface area contributed by atoms with Crippen molar-refractivity contribution >= 4 is 29.7 Å². The van der Waals surface area contributed by atoms with Gasteiger partial charge in [-0.2, -0.15) is 0 Å². The maximum absolute atomic E-state index is 12.2. The monoisotopic (exact) mass is 318 g/mol. The molecule has 1 unspecified atom stereocenters. The summed E-state index contributed by atoms with van der Waals surface area (Å²) in [5.74, 6) is -0.0448. The molecule has 0 aliphatic carbocycles. The fraction of sp³-hybridized carbons (Fsp3) is 0.643. The van der Waals surface area contributed by atoms with Crippen LogP contribution in [0.1, 0.15) is 29.5 Å². The number of carbonyl (C=O) groups excluding carboxylic acids is 1. The van der Waals surface area contributed by atoms with E-state index in [2.05, 4.69) is 24.4 Å². The lowest BCUT2D eigenvalue weighted by atomic mass is 9.90. The van der Waals surface area contributed by atoms with E-state index in [1.807, 2.05) is 6.92 Å². The molecule has 1 aromatic rings. The summed E-state index contributed by atoms with van der Waals surface area (Å²) < 4.78 is 5.26. The predicted octanol–water partition coefficient (Wildman–Crippen LogP) is 2.03. The molecule has 0 radical (unpaired) electrons. The second kappa shape index (κ2) is 7.41. The predicted molar refractivity (Wildman–Crippen MR) is 84.6 cm³/mol. The quantitative estimate of drug-likeness (QED) is 0.893. The molecule has 20 heavy (non-hydrogen) atoms. The molecule has 3 N–H and O–H groups in total. The largest absolute Gasteiger partial charge is 0.381 e. The zero-order valence-electron chi connectivity index (χ0n) is 12.0. The molecule has 2 heterocycles. The Balaban J connectivity index is 0.00000200. The van der Waals surface area contributed by atoms with Gasteiger partial charge in [-0.05, 0) is 38.8 Å². The fourth-order valence-corrected chi connectivity index (χ4v) is 3.30. The SMILES string of the molecule is Cc1ccc(CC(C)NC(=O)C2(N)CCOCC2)s1.Cl. The van der Waals surface area contributed by atoms with Crippen molar-refractivity contribution in [3.8, 4) is 0 Å². The highest BCUT2D eigenvalue weighted by atomic mass is 35.5. The molecule has 1 aliphatic rings. The van der Waals surface area contributed by atoms with Crippen molar-refractivity contribution in [1.82, 2.24) is 5.32 Å². The van der Waals surface area contributed by atoms with Gasteiger partial charge in [0, 0.05) is 35.4 Å². The Morgan fingerprint density at radius 1 is 1.50 bits per heavy atom. The molecule has 1 fully saturated rings. The van der Waals surface area contributed by atoms with Crippen LogP contribution < -0.4 is 11.1 Å². The molecular formula is C14H23ClN2O2S. The van der Waals surface area contributed by atoms with Crippen LogP contribution in [0.5, 0.6) is 0 Å². The maximum Gasteiger partial charge on any atom is 0.240 e. The standard InChI is InChI=1S/C14H22N2O2S.ClH/c1-10(9-12-4-3-11(2)19-12)16-13(17)14(15)5-7-18-8-6-14;/h3-4,10H,5-9,15H2,1-2H3,(H,16,17);1H. The van der Waals surface area contributed by atoms with Crippen molar-refractivity contribution in [1.29, 1.82) is 0 Å². The van der Waals surface area contributed by atoms with Crippen molar-refractivity contribution in [2.24, 2.45) is 5.73 Å². The summed E-state index contributed by atoms with van der Waals surface area (Å²) >= 11 is 1.78. The zero-order valence-corrected chi connectivity index (χ0v) is 13.6. The average Bonchev–Trinajstić information content (AvgIpc) is 2.75. The van der Waals surface area contributed by atoms with E-state index in [0.717, 1.165) is 6.42 Å². The number of carbonyl (C=O) groups is 1. The van der Waals surface area contributed by atoms with Crippen LogP contribution in [0.4, 0.5) is 0 Å². The van der Waals surface area contributed by atoms with Crippen LogP contribution in [0.25, 0.3) is 0 Å². The molecular weight excluding hydrogens is 296 g/mol. The number of amides is 1. The molecule has 0 spiro atoms. The minimum atomic E-state index is -0.752. The highest BCUT2D eigenvalue weighted by Gasteiger charge is 2.36. The van der Waals surface area contributed by atoms with Gasteiger partial charge in [0.2, 0.25) is 5.91 Å². The van der Waals surface area contributed by atoms with E-state index in [1.165, 1.54) is 9.75 Å². The lowest BCUT2D eigenvalue weighted by Crippen LogP contribution is -2.58. The number of halogens is 1. The summed E-state index contributed by atoms with van der Waals surface area (Å²) in [6, 6.07) is 4.33. The molecule has 1 saturated heterocycles. The zero-order chi connectivity index (χ0) is 13.9. The van der Waals surface area contributed by atoms with Gasteiger partial charge in [0.25, 0.3) is 0 Å². The third kappa shape index (κ3) is 4.45. The lowest BCUT2D eigenvalue weighted by molar-refractivity contribution is -0.130. The Morgan fingerprint density at radius 2 is 2.15 bits per heavy atom. The van der Waals surface area contributed by atoms with Gasteiger partial charge in [-0.25, -0.2) is 0 Å². The van der Waals surface area contributed by atoms with E-state index >= 15 is 0 Å². The maximum atomic E-state index is 12.2. The first-order valence-electron chi connectivity index (χ1n) is 6.72. The smallest absolute Gasteiger partial charge is 0.240 e. The molecule has 1 aliphatic heterocycles. The number of hydrogen-bond donors (Lipinski definition) is 2. The summed E-state index contributed by atoms with van der Waals surface area (Å²) in [6.45, 7) is 5.26. The molecule has 0 aromatic carbocycles. The molecule has 0 bridgehead atoms. The van der Waals surface area contributed by atoms with Crippen LogP contribution in [-0.4, -0.2) is 30.7 Å². The average molecular weight is 319 g/mol. The van der Waals surface area contributed by atoms with E-state index in [4.69, 9.17) is 10.5 Å². The molecule has 114 valence electrons. The van der Waals surface area contributed by atoms with Crippen LogP contribution >= 0.6 is 23.7 Å². The van der Waals surface area contributed by atoms with Gasteiger partial charge in [-0.15, -0.1) is 23.7 Å². The first kappa shape index (κ1) is 17.4. The van der Waals surface area contributed by atoms with Crippen molar-refractivity contribution < 1.29 is 9.53 Å². The third-order valence-corrected chi connectivity index (χ3v) is 4.54.